The lowest BCUT2D eigenvalue weighted by atomic mass is 9.97. The maximum Gasteiger partial charge on any atom is 0.331 e. The summed E-state index contributed by atoms with van der Waals surface area (Å²) in [6.07, 6.45) is 1.49. The first-order valence-electron chi connectivity index (χ1n) is 11.9. The van der Waals surface area contributed by atoms with Crippen molar-refractivity contribution in [2.45, 2.75) is 25.5 Å². The molecule has 184 valence electrons. The number of benzene rings is 2. The van der Waals surface area contributed by atoms with Gasteiger partial charge >= 0.3 is 5.69 Å². The van der Waals surface area contributed by atoms with E-state index in [0.717, 1.165) is 39.2 Å². The van der Waals surface area contributed by atoms with Crippen LogP contribution in [0, 0.1) is 0 Å². The second kappa shape index (κ2) is 7.73. The second-order valence-corrected chi connectivity index (χ2v) is 10.0. The monoisotopic (exact) mass is 484 g/mol. The maximum atomic E-state index is 13.7. The van der Waals surface area contributed by atoms with Gasteiger partial charge in [0.25, 0.3) is 5.56 Å². The zero-order valence-corrected chi connectivity index (χ0v) is 21.0. The van der Waals surface area contributed by atoms with Crippen molar-refractivity contribution in [3.05, 3.63) is 86.8 Å². The number of hydrogen-bond donors (Lipinski definition) is 1. The third-order valence-electron chi connectivity index (χ3n) is 7.33. The predicted octanol–water partition coefficient (Wildman–Crippen LogP) is 4.05. The van der Waals surface area contributed by atoms with Crippen molar-refractivity contribution in [1.29, 1.82) is 0 Å². The third-order valence-corrected chi connectivity index (χ3v) is 7.33. The number of para-hydroxylation sites is 1. The number of aryl methyl sites for hydroxylation is 1. The Hall–Kier alpha value is -4.04. The lowest BCUT2D eigenvalue weighted by Gasteiger charge is -2.39. The van der Waals surface area contributed by atoms with Crippen LogP contribution in [-0.2, 0) is 24.4 Å². The molecule has 0 unspecified atom stereocenters. The molecular formula is C28H28N4O4. The van der Waals surface area contributed by atoms with Crippen molar-refractivity contribution in [3.8, 4) is 17.0 Å². The highest BCUT2D eigenvalue weighted by molar-refractivity contribution is 5.97. The summed E-state index contributed by atoms with van der Waals surface area (Å²) in [5.41, 5.74) is 3.84. The van der Waals surface area contributed by atoms with Gasteiger partial charge in [0.05, 0.1) is 41.5 Å². The Morgan fingerprint density at radius 3 is 2.47 bits per heavy atom. The minimum atomic E-state index is -0.479. The first-order valence-corrected chi connectivity index (χ1v) is 11.9. The molecule has 3 aromatic heterocycles. The van der Waals surface area contributed by atoms with Crippen LogP contribution in [0.25, 0.3) is 33.1 Å². The lowest BCUT2D eigenvalue weighted by molar-refractivity contribution is -0.00642. The maximum absolute atomic E-state index is 13.7. The number of hydrogen-bond acceptors (Lipinski definition) is 4. The van der Waals surface area contributed by atoms with Gasteiger partial charge < -0.3 is 19.0 Å². The molecule has 0 aliphatic carbocycles. The Morgan fingerprint density at radius 1 is 1.03 bits per heavy atom. The lowest BCUT2D eigenvalue weighted by Crippen LogP contribution is -2.40. The number of aromatic amines is 1. The van der Waals surface area contributed by atoms with Crippen molar-refractivity contribution >= 4 is 21.8 Å². The van der Waals surface area contributed by atoms with Crippen molar-refractivity contribution in [2.75, 3.05) is 13.7 Å². The topological polar surface area (TPSA) is 83.2 Å². The van der Waals surface area contributed by atoms with Crippen LogP contribution < -0.4 is 16.0 Å². The highest BCUT2D eigenvalue weighted by atomic mass is 16.5. The van der Waals surface area contributed by atoms with E-state index in [4.69, 9.17) is 9.47 Å². The first-order chi connectivity index (χ1) is 17.2. The fraction of sp³-hybridized carbons (Fsp3) is 0.286. The molecule has 0 spiro atoms. The van der Waals surface area contributed by atoms with Gasteiger partial charge in [-0.25, -0.2) is 4.79 Å². The summed E-state index contributed by atoms with van der Waals surface area (Å²) < 4.78 is 16.9. The van der Waals surface area contributed by atoms with Gasteiger partial charge in [-0.2, -0.15) is 0 Å². The van der Waals surface area contributed by atoms with E-state index in [9.17, 15) is 9.59 Å². The van der Waals surface area contributed by atoms with E-state index in [2.05, 4.69) is 29.5 Å². The van der Waals surface area contributed by atoms with Crippen LogP contribution in [0.3, 0.4) is 0 Å². The van der Waals surface area contributed by atoms with E-state index >= 15 is 0 Å². The summed E-state index contributed by atoms with van der Waals surface area (Å²) in [6.45, 7) is 4.62. The van der Waals surface area contributed by atoms with Crippen LogP contribution in [0.4, 0.5) is 0 Å². The third kappa shape index (κ3) is 2.97. The Kier molecular flexibility index (Phi) is 4.82. The molecule has 4 heterocycles. The fourth-order valence-corrected chi connectivity index (χ4v) is 5.57. The second-order valence-electron chi connectivity index (χ2n) is 10.0. The predicted molar refractivity (Wildman–Crippen MR) is 140 cm³/mol. The number of rotatable bonds is 3. The molecule has 0 saturated carbocycles. The van der Waals surface area contributed by atoms with Crippen LogP contribution >= 0.6 is 0 Å². The average Bonchev–Trinajstić information content (AvgIpc) is 3.47. The number of nitrogens with zero attached hydrogens (tertiary/aromatic N) is 3. The van der Waals surface area contributed by atoms with Crippen molar-refractivity contribution < 1.29 is 9.47 Å². The summed E-state index contributed by atoms with van der Waals surface area (Å²) >= 11 is 0. The van der Waals surface area contributed by atoms with E-state index in [1.807, 2.05) is 48.7 Å². The normalized spacial score (nSPS) is 17.0. The van der Waals surface area contributed by atoms with Gasteiger partial charge in [-0.05, 0) is 49.7 Å². The van der Waals surface area contributed by atoms with E-state index < -0.39 is 11.6 Å². The largest absolute Gasteiger partial charge is 0.497 e. The van der Waals surface area contributed by atoms with Gasteiger partial charge in [0.1, 0.15) is 11.9 Å². The number of aromatic nitrogens is 4. The number of methoxy groups -OCH3 is 1. The standard InChI is InChI=1S/C28H28N4O4/c1-28(2)15-36-25(19-14-29-20-9-7-6-8-18(19)20)24-23-21(26(33)31(4)27(34)30(23)3)22(32(24)28)16-10-12-17(35-5)13-11-16/h6-14,25,29H,15H2,1-5H3/t25-/m0/s1. The Balaban J connectivity index is 1.79. The number of fused-ring (bicyclic) bond motifs is 4. The molecule has 1 N–H and O–H groups in total. The number of H-pyrrole nitrogens is 1. The summed E-state index contributed by atoms with van der Waals surface area (Å²) in [5, 5.41) is 1.55. The van der Waals surface area contributed by atoms with E-state index in [1.165, 1.54) is 11.6 Å². The minimum Gasteiger partial charge on any atom is -0.497 e. The van der Waals surface area contributed by atoms with Crippen LogP contribution in [-0.4, -0.2) is 32.4 Å². The van der Waals surface area contributed by atoms with Crippen molar-refractivity contribution in [2.24, 2.45) is 14.1 Å². The van der Waals surface area contributed by atoms with Crippen molar-refractivity contribution in [1.82, 2.24) is 18.7 Å². The highest BCUT2D eigenvalue weighted by Gasteiger charge is 2.41. The Bertz CT molecular complexity index is 1770. The van der Waals surface area contributed by atoms with Gasteiger partial charge in [0.15, 0.2) is 0 Å². The van der Waals surface area contributed by atoms with Gasteiger partial charge in [0, 0.05) is 36.8 Å². The minimum absolute atomic E-state index is 0.325. The first kappa shape index (κ1) is 22.4. The smallest absolute Gasteiger partial charge is 0.331 e. The molecule has 6 rings (SSSR count). The molecule has 0 fully saturated rings. The summed E-state index contributed by atoms with van der Waals surface area (Å²) in [6, 6.07) is 15.8. The summed E-state index contributed by atoms with van der Waals surface area (Å²) in [7, 11) is 4.87. The molecule has 1 aliphatic heterocycles. The van der Waals surface area contributed by atoms with Crippen LogP contribution in [0.2, 0.25) is 0 Å². The molecule has 36 heavy (non-hydrogen) atoms. The van der Waals surface area contributed by atoms with E-state index in [-0.39, 0.29) is 11.2 Å². The molecule has 1 atom stereocenters. The Labute approximate surface area is 207 Å². The zero-order valence-electron chi connectivity index (χ0n) is 21.0. The molecular weight excluding hydrogens is 456 g/mol. The quantitative estimate of drug-likeness (QED) is 0.419. The zero-order chi connectivity index (χ0) is 25.4. The van der Waals surface area contributed by atoms with Gasteiger partial charge in [0.2, 0.25) is 0 Å². The molecule has 0 amide bonds. The Morgan fingerprint density at radius 2 is 1.75 bits per heavy atom. The van der Waals surface area contributed by atoms with Gasteiger partial charge in [-0.15, -0.1) is 0 Å². The fourth-order valence-electron chi connectivity index (χ4n) is 5.57. The SMILES string of the molecule is COc1ccc(-c2c3c(=O)n(C)c(=O)n(C)c3c3n2C(C)(C)CO[C@H]3c2c[nH]c3ccccc23)cc1. The van der Waals surface area contributed by atoms with Crippen LogP contribution in [0.1, 0.15) is 31.2 Å². The molecule has 8 heteroatoms. The summed E-state index contributed by atoms with van der Waals surface area (Å²) in [5.74, 6) is 0.730. The van der Waals surface area contributed by atoms with Gasteiger partial charge in [-0.1, -0.05) is 18.2 Å². The van der Waals surface area contributed by atoms with Crippen LogP contribution in [0.5, 0.6) is 5.75 Å². The van der Waals surface area contributed by atoms with Gasteiger partial charge in [-0.3, -0.25) is 13.9 Å². The summed E-state index contributed by atoms with van der Waals surface area (Å²) in [4.78, 5) is 30.2. The highest BCUT2D eigenvalue weighted by Crippen LogP contribution is 2.46. The van der Waals surface area contributed by atoms with E-state index in [1.54, 1.807) is 18.7 Å². The molecule has 8 nitrogen and oxygen atoms in total. The van der Waals surface area contributed by atoms with E-state index in [0.29, 0.717) is 17.5 Å². The average molecular weight is 485 g/mol. The molecule has 0 bridgehead atoms. The molecule has 0 radical (unpaired) electrons. The van der Waals surface area contributed by atoms with Crippen molar-refractivity contribution in [3.63, 3.8) is 0 Å². The molecule has 2 aromatic carbocycles. The molecule has 5 aromatic rings. The molecule has 1 aliphatic rings. The number of nitrogens with one attached hydrogen (secondary N) is 1. The number of ether oxygens (including phenoxy) is 2. The molecule has 0 saturated heterocycles. The van der Waals surface area contributed by atoms with Crippen LogP contribution in [0.15, 0.2) is 64.3 Å².